The highest BCUT2D eigenvalue weighted by Crippen LogP contribution is 2.11. The van der Waals surface area contributed by atoms with Crippen LogP contribution in [0.2, 0.25) is 0 Å². The zero-order valence-corrected chi connectivity index (χ0v) is 11.1. The number of carbonyl (C=O) groups excluding carboxylic acids is 1. The monoisotopic (exact) mass is 252 g/mol. The van der Waals surface area contributed by atoms with E-state index < -0.39 is 0 Å². The maximum atomic E-state index is 11.6. The molecule has 0 aliphatic carbocycles. The molecule has 0 radical (unpaired) electrons. The molecule has 1 aromatic heterocycles. The van der Waals surface area contributed by atoms with Crippen LogP contribution >= 0.6 is 0 Å². The summed E-state index contributed by atoms with van der Waals surface area (Å²) in [5.74, 6) is 0.205. The van der Waals surface area contributed by atoms with Gasteiger partial charge in [0.2, 0.25) is 5.95 Å². The van der Waals surface area contributed by atoms with Crippen molar-refractivity contribution in [2.75, 3.05) is 31.1 Å². The van der Waals surface area contributed by atoms with Gasteiger partial charge in [-0.1, -0.05) is 0 Å². The van der Waals surface area contributed by atoms with Crippen LogP contribution < -0.4 is 10.6 Å². The third kappa shape index (κ3) is 3.40. The number of aromatic nitrogens is 2. The van der Waals surface area contributed by atoms with Crippen molar-refractivity contribution in [1.82, 2.24) is 9.97 Å². The molecule has 0 saturated carbocycles. The van der Waals surface area contributed by atoms with Gasteiger partial charge in [0.15, 0.2) is 0 Å². The topological polar surface area (TPSA) is 81.3 Å². The first kappa shape index (κ1) is 14.4. The van der Waals surface area contributed by atoms with Crippen LogP contribution in [-0.2, 0) is 4.74 Å². The largest absolute Gasteiger partial charge is 0.462 e. The molecule has 0 atom stereocenters. The van der Waals surface area contributed by atoms with E-state index in [2.05, 4.69) is 9.97 Å². The summed E-state index contributed by atoms with van der Waals surface area (Å²) in [4.78, 5) is 22.1. The van der Waals surface area contributed by atoms with Crippen LogP contribution in [0, 0.1) is 6.92 Å². The zero-order valence-electron chi connectivity index (χ0n) is 11.1. The number of aryl methyl sites for hydroxylation is 1. The molecule has 2 N–H and O–H groups in total. The van der Waals surface area contributed by atoms with Gasteiger partial charge in [-0.3, -0.25) is 0 Å². The minimum atomic E-state index is -0.386. The maximum Gasteiger partial charge on any atom is 0.341 e. The van der Waals surface area contributed by atoms with Gasteiger partial charge in [-0.05, 0) is 20.8 Å². The second-order valence-electron chi connectivity index (χ2n) is 3.76. The van der Waals surface area contributed by atoms with Crippen molar-refractivity contribution in [3.8, 4) is 0 Å². The summed E-state index contributed by atoms with van der Waals surface area (Å²) in [5.41, 5.74) is 6.55. The maximum absolute atomic E-state index is 11.6. The number of carbonyl (C=O) groups is 1. The molecule has 0 spiro atoms. The Kier molecular flexibility index (Phi) is 5.51. The molecule has 0 aliphatic heterocycles. The molecule has 0 aromatic carbocycles. The fourth-order valence-electron chi connectivity index (χ4n) is 1.57. The summed E-state index contributed by atoms with van der Waals surface area (Å²) >= 11 is 0. The average Bonchev–Trinajstić information content (AvgIpc) is 2.36. The molecule has 6 nitrogen and oxygen atoms in total. The van der Waals surface area contributed by atoms with Gasteiger partial charge in [-0.2, -0.15) is 0 Å². The molecule has 0 fully saturated rings. The Bertz CT molecular complexity index is 409. The molecular formula is C12H20N4O2. The van der Waals surface area contributed by atoms with E-state index in [0.29, 0.717) is 36.9 Å². The van der Waals surface area contributed by atoms with Gasteiger partial charge in [0, 0.05) is 25.8 Å². The summed E-state index contributed by atoms with van der Waals surface area (Å²) < 4.78 is 4.93. The van der Waals surface area contributed by atoms with Crippen LogP contribution in [0.25, 0.3) is 0 Å². The number of nitrogens with two attached hydrogens (primary N) is 1. The first-order valence-electron chi connectivity index (χ1n) is 6.09. The third-order valence-electron chi connectivity index (χ3n) is 2.53. The van der Waals surface area contributed by atoms with Crippen molar-refractivity contribution in [2.24, 2.45) is 5.73 Å². The molecule has 0 aliphatic rings. The molecule has 1 heterocycles. The van der Waals surface area contributed by atoms with Gasteiger partial charge in [-0.25, -0.2) is 14.8 Å². The molecule has 0 bridgehead atoms. The number of rotatable bonds is 6. The number of ether oxygens (including phenoxy) is 1. The molecule has 18 heavy (non-hydrogen) atoms. The van der Waals surface area contributed by atoms with E-state index in [-0.39, 0.29) is 5.97 Å². The Morgan fingerprint density at radius 2 is 2.22 bits per heavy atom. The highest BCUT2D eigenvalue weighted by atomic mass is 16.5. The van der Waals surface area contributed by atoms with Gasteiger partial charge in [-0.15, -0.1) is 0 Å². The molecule has 1 aromatic rings. The van der Waals surface area contributed by atoms with Gasteiger partial charge in [0.1, 0.15) is 0 Å². The molecule has 0 saturated heterocycles. The van der Waals surface area contributed by atoms with E-state index in [0.717, 1.165) is 6.54 Å². The van der Waals surface area contributed by atoms with E-state index in [1.165, 1.54) is 6.20 Å². The van der Waals surface area contributed by atoms with Gasteiger partial charge >= 0.3 is 5.97 Å². The van der Waals surface area contributed by atoms with Crippen molar-refractivity contribution in [3.63, 3.8) is 0 Å². The second kappa shape index (κ2) is 6.90. The lowest BCUT2D eigenvalue weighted by Crippen LogP contribution is -2.31. The lowest BCUT2D eigenvalue weighted by molar-refractivity contribution is 0.0524. The van der Waals surface area contributed by atoms with Crippen LogP contribution in [0.3, 0.4) is 0 Å². The number of anilines is 1. The van der Waals surface area contributed by atoms with Crippen molar-refractivity contribution in [2.45, 2.75) is 20.8 Å². The Balaban J connectivity index is 2.94. The van der Waals surface area contributed by atoms with E-state index in [9.17, 15) is 4.79 Å². The average molecular weight is 252 g/mol. The van der Waals surface area contributed by atoms with Crippen LogP contribution in [-0.4, -0.2) is 42.2 Å². The molecule has 0 unspecified atom stereocenters. The van der Waals surface area contributed by atoms with Crippen molar-refractivity contribution in [3.05, 3.63) is 17.5 Å². The van der Waals surface area contributed by atoms with E-state index in [4.69, 9.17) is 10.5 Å². The SMILES string of the molecule is CCOC(=O)c1cnc(N(CC)CCN)nc1C. The summed E-state index contributed by atoms with van der Waals surface area (Å²) in [6.07, 6.45) is 1.51. The van der Waals surface area contributed by atoms with Crippen LogP contribution in [0.15, 0.2) is 6.20 Å². The van der Waals surface area contributed by atoms with Crippen molar-refractivity contribution < 1.29 is 9.53 Å². The summed E-state index contributed by atoms with van der Waals surface area (Å²) in [6.45, 7) is 7.89. The Labute approximate surface area is 107 Å². The standard InChI is InChI=1S/C12H20N4O2/c1-4-16(7-6-13)12-14-8-10(9(3)15-12)11(17)18-5-2/h8H,4-7,13H2,1-3H3. The molecule has 6 heteroatoms. The van der Waals surface area contributed by atoms with Crippen LogP contribution in [0.1, 0.15) is 29.9 Å². The van der Waals surface area contributed by atoms with Crippen LogP contribution in [0.4, 0.5) is 5.95 Å². The predicted molar refractivity (Wildman–Crippen MR) is 69.7 cm³/mol. The first-order chi connectivity index (χ1) is 8.63. The number of likely N-dealkylation sites (N-methyl/N-ethyl adjacent to an activating group) is 1. The fraction of sp³-hybridized carbons (Fsp3) is 0.583. The Morgan fingerprint density at radius 1 is 1.50 bits per heavy atom. The lowest BCUT2D eigenvalue weighted by atomic mass is 10.2. The highest BCUT2D eigenvalue weighted by molar-refractivity contribution is 5.90. The smallest absolute Gasteiger partial charge is 0.341 e. The summed E-state index contributed by atoms with van der Waals surface area (Å²) in [6, 6.07) is 0. The van der Waals surface area contributed by atoms with Crippen molar-refractivity contribution >= 4 is 11.9 Å². The minimum absolute atomic E-state index is 0.342. The second-order valence-corrected chi connectivity index (χ2v) is 3.76. The van der Waals surface area contributed by atoms with Crippen molar-refractivity contribution in [1.29, 1.82) is 0 Å². The summed E-state index contributed by atoms with van der Waals surface area (Å²) in [7, 11) is 0. The number of hydrogen-bond donors (Lipinski definition) is 1. The quantitative estimate of drug-likeness (QED) is 0.752. The fourth-order valence-corrected chi connectivity index (χ4v) is 1.57. The molecular weight excluding hydrogens is 232 g/mol. The number of esters is 1. The third-order valence-corrected chi connectivity index (χ3v) is 2.53. The van der Waals surface area contributed by atoms with E-state index >= 15 is 0 Å². The summed E-state index contributed by atoms with van der Waals surface area (Å²) in [5, 5.41) is 0. The predicted octanol–water partition coefficient (Wildman–Crippen LogP) is 0.747. The normalized spacial score (nSPS) is 10.2. The molecule has 0 amide bonds. The molecule has 1 rings (SSSR count). The Morgan fingerprint density at radius 3 is 2.72 bits per heavy atom. The zero-order chi connectivity index (χ0) is 13.5. The first-order valence-corrected chi connectivity index (χ1v) is 6.09. The van der Waals surface area contributed by atoms with Gasteiger partial charge in [0.25, 0.3) is 0 Å². The van der Waals surface area contributed by atoms with Gasteiger partial charge < -0.3 is 15.4 Å². The highest BCUT2D eigenvalue weighted by Gasteiger charge is 2.14. The lowest BCUT2D eigenvalue weighted by Gasteiger charge is -2.20. The molecule has 100 valence electrons. The number of nitrogens with zero attached hydrogens (tertiary/aromatic N) is 3. The van der Waals surface area contributed by atoms with Crippen LogP contribution in [0.5, 0.6) is 0 Å². The Hall–Kier alpha value is -1.69. The van der Waals surface area contributed by atoms with E-state index in [1.807, 2.05) is 11.8 Å². The number of hydrogen-bond acceptors (Lipinski definition) is 6. The van der Waals surface area contributed by atoms with Gasteiger partial charge in [0.05, 0.1) is 17.9 Å². The minimum Gasteiger partial charge on any atom is -0.462 e. The van der Waals surface area contributed by atoms with E-state index in [1.54, 1.807) is 13.8 Å².